The number of benzene rings is 1. The van der Waals surface area contributed by atoms with Gasteiger partial charge in [0.05, 0.1) is 0 Å². The molecule has 0 saturated heterocycles. The Morgan fingerprint density at radius 2 is 2.06 bits per heavy atom. The molecule has 1 N–H and O–H groups in total. The van der Waals surface area contributed by atoms with Gasteiger partial charge in [-0.05, 0) is 54.2 Å². The Balaban J connectivity index is 1.70. The van der Waals surface area contributed by atoms with Crippen molar-refractivity contribution in [1.82, 2.24) is 4.98 Å². The van der Waals surface area contributed by atoms with Crippen molar-refractivity contribution in [3.8, 4) is 0 Å². The number of anilines is 1. The van der Waals surface area contributed by atoms with Crippen molar-refractivity contribution in [3.05, 3.63) is 59.4 Å². The number of pyridine rings is 1. The van der Waals surface area contributed by atoms with Gasteiger partial charge in [-0.25, -0.2) is 0 Å². The smallest absolute Gasteiger partial charge is 0.0416 e. The molecule has 0 saturated carbocycles. The summed E-state index contributed by atoms with van der Waals surface area (Å²) < 4.78 is 0. The molecule has 1 aromatic carbocycles. The van der Waals surface area contributed by atoms with Gasteiger partial charge in [0.1, 0.15) is 0 Å². The largest absolute Gasteiger partial charge is 0.381 e. The van der Waals surface area contributed by atoms with Gasteiger partial charge in [-0.15, -0.1) is 0 Å². The number of hydrogen-bond acceptors (Lipinski definition) is 2. The van der Waals surface area contributed by atoms with E-state index in [0.717, 1.165) is 6.54 Å². The zero-order valence-electron chi connectivity index (χ0n) is 9.82. The number of aryl methyl sites for hydroxylation is 2. The number of hydrogen-bond donors (Lipinski definition) is 1. The summed E-state index contributed by atoms with van der Waals surface area (Å²) in [5.74, 6) is 0. The molecule has 2 nitrogen and oxygen atoms in total. The van der Waals surface area contributed by atoms with Crippen LogP contribution in [0.4, 0.5) is 5.69 Å². The molecule has 0 spiro atoms. The third kappa shape index (κ3) is 2.31. The van der Waals surface area contributed by atoms with Crippen LogP contribution in [0.1, 0.15) is 23.1 Å². The first kappa shape index (κ1) is 10.3. The molecule has 0 radical (unpaired) electrons. The Morgan fingerprint density at radius 1 is 1.12 bits per heavy atom. The van der Waals surface area contributed by atoms with Crippen LogP contribution in [0, 0.1) is 0 Å². The summed E-state index contributed by atoms with van der Waals surface area (Å²) in [4.78, 5) is 4.11. The number of rotatable bonds is 3. The maximum Gasteiger partial charge on any atom is 0.0416 e. The lowest BCUT2D eigenvalue weighted by molar-refractivity contribution is 0.912. The zero-order valence-corrected chi connectivity index (χ0v) is 9.82. The Labute approximate surface area is 102 Å². The van der Waals surface area contributed by atoms with Crippen LogP contribution in [0.3, 0.4) is 0 Å². The summed E-state index contributed by atoms with van der Waals surface area (Å²) in [5, 5.41) is 3.45. The van der Waals surface area contributed by atoms with E-state index in [9.17, 15) is 0 Å². The number of nitrogens with one attached hydrogen (secondary N) is 1. The Morgan fingerprint density at radius 3 is 2.94 bits per heavy atom. The highest BCUT2D eigenvalue weighted by atomic mass is 14.9. The quantitative estimate of drug-likeness (QED) is 0.866. The van der Waals surface area contributed by atoms with Crippen LogP contribution < -0.4 is 5.32 Å². The van der Waals surface area contributed by atoms with Gasteiger partial charge in [0.25, 0.3) is 0 Å². The van der Waals surface area contributed by atoms with Crippen LogP contribution in [0.2, 0.25) is 0 Å². The molecule has 0 amide bonds. The van der Waals surface area contributed by atoms with Crippen LogP contribution in [0.25, 0.3) is 0 Å². The molecule has 1 heterocycles. The van der Waals surface area contributed by atoms with E-state index in [1.54, 1.807) is 6.20 Å². The van der Waals surface area contributed by atoms with Crippen molar-refractivity contribution in [3.63, 3.8) is 0 Å². The predicted octanol–water partition coefficient (Wildman–Crippen LogP) is 3.18. The number of aromatic nitrogens is 1. The molecule has 0 bridgehead atoms. The summed E-state index contributed by atoms with van der Waals surface area (Å²) in [6.45, 7) is 0.840. The fourth-order valence-corrected chi connectivity index (χ4v) is 2.39. The van der Waals surface area contributed by atoms with E-state index in [-0.39, 0.29) is 0 Å². The van der Waals surface area contributed by atoms with Crippen molar-refractivity contribution < 1.29 is 0 Å². The van der Waals surface area contributed by atoms with Gasteiger partial charge >= 0.3 is 0 Å². The van der Waals surface area contributed by atoms with E-state index in [4.69, 9.17) is 0 Å². The first-order valence-electron chi connectivity index (χ1n) is 6.16. The molecule has 17 heavy (non-hydrogen) atoms. The molecule has 1 aliphatic carbocycles. The van der Waals surface area contributed by atoms with Crippen molar-refractivity contribution in [1.29, 1.82) is 0 Å². The lowest BCUT2D eigenvalue weighted by Gasteiger charge is -2.08. The van der Waals surface area contributed by atoms with Crippen LogP contribution in [0.15, 0.2) is 42.7 Å². The molecule has 86 valence electrons. The average molecular weight is 224 g/mol. The molecule has 2 heteroatoms. The fraction of sp³-hybridized carbons (Fsp3) is 0.267. The molecule has 1 aliphatic rings. The normalized spacial score (nSPS) is 13.4. The molecular formula is C15H16N2. The maximum absolute atomic E-state index is 4.11. The van der Waals surface area contributed by atoms with Gasteiger partial charge in [0, 0.05) is 24.6 Å². The van der Waals surface area contributed by atoms with E-state index < -0.39 is 0 Å². The molecule has 3 rings (SSSR count). The first-order chi connectivity index (χ1) is 8.42. The third-order valence-corrected chi connectivity index (χ3v) is 3.32. The fourth-order valence-electron chi connectivity index (χ4n) is 2.39. The Bertz CT molecular complexity index is 506. The van der Waals surface area contributed by atoms with Crippen LogP contribution >= 0.6 is 0 Å². The second kappa shape index (κ2) is 4.58. The van der Waals surface area contributed by atoms with Crippen molar-refractivity contribution in [2.75, 3.05) is 5.32 Å². The summed E-state index contributed by atoms with van der Waals surface area (Å²) in [6, 6.07) is 10.8. The monoisotopic (exact) mass is 224 g/mol. The standard InChI is InChI=1S/C15H16N2/c1-4-13-6-7-15(9-14(13)5-1)17-11-12-3-2-8-16-10-12/h2-3,6-10,17H,1,4-5,11H2. The van der Waals surface area contributed by atoms with Gasteiger partial charge < -0.3 is 5.32 Å². The lowest BCUT2D eigenvalue weighted by atomic mass is 10.1. The van der Waals surface area contributed by atoms with Gasteiger partial charge in [-0.1, -0.05) is 12.1 Å². The number of fused-ring (bicyclic) bond motifs is 1. The summed E-state index contributed by atoms with van der Waals surface area (Å²) in [7, 11) is 0. The van der Waals surface area contributed by atoms with Crippen molar-refractivity contribution in [2.24, 2.45) is 0 Å². The molecule has 0 fully saturated rings. The summed E-state index contributed by atoms with van der Waals surface area (Å²) >= 11 is 0. The lowest BCUT2D eigenvalue weighted by Crippen LogP contribution is -2.00. The van der Waals surface area contributed by atoms with Gasteiger partial charge in [0.2, 0.25) is 0 Å². The van der Waals surface area contributed by atoms with Crippen LogP contribution in [0.5, 0.6) is 0 Å². The molecule has 1 aromatic heterocycles. The van der Waals surface area contributed by atoms with Gasteiger partial charge in [0.15, 0.2) is 0 Å². The molecular weight excluding hydrogens is 208 g/mol. The topological polar surface area (TPSA) is 24.9 Å². The minimum absolute atomic E-state index is 0.840. The van der Waals surface area contributed by atoms with Crippen LogP contribution in [-0.2, 0) is 19.4 Å². The van der Waals surface area contributed by atoms with E-state index in [1.165, 1.54) is 41.6 Å². The highest BCUT2D eigenvalue weighted by Gasteiger charge is 2.10. The first-order valence-corrected chi connectivity index (χ1v) is 6.16. The minimum atomic E-state index is 0.840. The van der Waals surface area contributed by atoms with Gasteiger partial charge in [-0.2, -0.15) is 0 Å². The van der Waals surface area contributed by atoms with E-state index in [2.05, 4.69) is 34.6 Å². The van der Waals surface area contributed by atoms with E-state index in [1.807, 2.05) is 12.3 Å². The summed E-state index contributed by atoms with van der Waals surface area (Å²) in [5.41, 5.74) is 5.47. The van der Waals surface area contributed by atoms with Crippen LogP contribution in [-0.4, -0.2) is 4.98 Å². The highest BCUT2D eigenvalue weighted by molar-refractivity contribution is 5.50. The van der Waals surface area contributed by atoms with E-state index >= 15 is 0 Å². The second-order valence-electron chi connectivity index (χ2n) is 4.55. The molecule has 0 atom stereocenters. The average Bonchev–Trinajstić information content (AvgIpc) is 2.85. The summed E-state index contributed by atoms with van der Waals surface area (Å²) in [6.07, 6.45) is 7.50. The molecule has 2 aromatic rings. The predicted molar refractivity (Wildman–Crippen MR) is 70.0 cm³/mol. The Hall–Kier alpha value is -1.83. The van der Waals surface area contributed by atoms with Crippen molar-refractivity contribution >= 4 is 5.69 Å². The second-order valence-corrected chi connectivity index (χ2v) is 4.55. The SMILES string of the molecule is c1cncc(CNc2ccc3c(c2)CCC3)c1. The highest BCUT2D eigenvalue weighted by Crippen LogP contribution is 2.25. The number of nitrogens with zero attached hydrogens (tertiary/aromatic N) is 1. The zero-order chi connectivity index (χ0) is 11.5. The maximum atomic E-state index is 4.11. The van der Waals surface area contributed by atoms with Gasteiger partial charge in [-0.3, -0.25) is 4.98 Å². The van der Waals surface area contributed by atoms with Crippen molar-refractivity contribution in [2.45, 2.75) is 25.8 Å². The minimum Gasteiger partial charge on any atom is -0.381 e. The molecule has 0 unspecified atom stereocenters. The molecule has 0 aliphatic heterocycles. The van der Waals surface area contributed by atoms with E-state index in [0.29, 0.717) is 0 Å². The third-order valence-electron chi connectivity index (χ3n) is 3.32. The Kier molecular flexibility index (Phi) is 2.78.